The second kappa shape index (κ2) is 5.74. The van der Waals surface area contributed by atoms with Crippen molar-refractivity contribution in [3.63, 3.8) is 0 Å². The summed E-state index contributed by atoms with van der Waals surface area (Å²) in [5.74, 6) is -2.10. The van der Waals surface area contributed by atoms with Gasteiger partial charge in [-0.3, -0.25) is 4.79 Å². The summed E-state index contributed by atoms with van der Waals surface area (Å²) in [7, 11) is -4.10. The maximum atomic E-state index is 12.3. The number of aromatic carboxylic acids is 1. The van der Waals surface area contributed by atoms with Gasteiger partial charge < -0.3 is 10.8 Å². The molecule has 0 saturated carbocycles. The lowest BCUT2D eigenvalue weighted by molar-refractivity contribution is -0.122. The molecular weight excluding hydrogens is 364 g/mol. The molecule has 0 aliphatic rings. The van der Waals surface area contributed by atoms with E-state index >= 15 is 0 Å². The first-order valence-electron chi connectivity index (χ1n) is 5.76. The number of carboxylic acid groups (broad SMARTS) is 1. The summed E-state index contributed by atoms with van der Waals surface area (Å²) in [4.78, 5) is 22.1. The number of benzene rings is 1. The highest BCUT2D eigenvalue weighted by Gasteiger charge is 2.32. The maximum Gasteiger partial charge on any atom is 0.336 e. The van der Waals surface area contributed by atoms with Crippen LogP contribution in [-0.2, 0) is 14.8 Å². The molecule has 1 rings (SSSR count). The average molecular weight is 379 g/mol. The summed E-state index contributed by atoms with van der Waals surface area (Å²) in [6.45, 7) is 4.17. The second-order valence-electron chi connectivity index (χ2n) is 4.98. The van der Waals surface area contributed by atoms with Gasteiger partial charge in [-0.1, -0.05) is 15.9 Å². The van der Waals surface area contributed by atoms with E-state index in [4.69, 9.17) is 10.8 Å². The van der Waals surface area contributed by atoms with Crippen LogP contribution < -0.4 is 10.5 Å². The summed E-state index contributed by atoms with van der Waals surface area (Å²) in [6, 6.07) is 2.29. The van der Waals surface area contributed by atoms with Crippen molar-refractivity contribution in [2.24, 2.45) is 5.73 Å². The first kappa shape index (κ1) is 17.6. The van der Waals surface area contributed by atoms with Gasteiger partial charge >= 0.3 is 5.97 Å². The highest BCUT2D eigenvalue weighted by Crippen LogP contribution is 2.25. The summed E-state index contributed by atoms with van der Waals surface area (Å²) >= 11 is 3.12. The second-order valence-corrected chi connectivity index (χ2v) is 7.51. The number of carboxylic acids is 1. The fraction of sp³-hybridized carbons (Fsp3) is 0.333. The number of sulfonamides is 1. The molecule has 0 saturated heterocycles. The smallest absolute Gasteiger partial charge is 0.336 e. The lowest BCUT2D eigenvalue weighted by atomic mass is 10.1. The van der Waals surface area contributed by atoms with Crippen molar-refractivity contribution in [3.8, 4) is 0 Å². The summed E-state index contributed by atoms with van der Waals surface area (Å²) in [5, 5.41) is 9.09. The van der Waals surface area contributed by atoms with E-state index in [9.17, 15) is 18.0 Å². The molecule has 0 unspecified atom stereocenters. The van der Waals surface area contributed by atoms with Crippen LogP contribution in [0.4, 0.5) is 0 Å². The monoisotopic (exact) mass is 378 g/mol. The van der Waals surface area contributed by atoms with Crippen molar-refractivity contribution in [2.75, 3.05) is 0 Å². The molecular formula is C12H15BrN2O5S. The Bertz CT molecular complexity index is 713. The predicted molar refractivity (Wildman–Crippen MR) is 79.4 cm³/mol. The minimum absolute atomic E-state index is 0.151. The van der Waals surface area contributed by atoms with Gasteiger partial charge in [-0.05, 0) is 38.5 Å². The number of hydrogen-bond acceptors (Lipinski definition) is 4. The number of primary amides is 1. The molecule has 0 spiro atoms. The van der Waals surface area contributed by atoms with Crippen LogP contribution in [0, 0.1) is 6.92 Å². The molecule has 116 valence electrons. The number of nitrogens with two attached hydrogens (primary N) is 1. The molecule has 0 fully saturated rings. The Kier molecular flexibility index (Phi) is 4.81. The van der Waals surface area contributed by atoms with Gasteiger partial charge in [-0.25, -0.2) is 13.2 Å². The molecule has 1 aromatic rings. The van der Waals surface area contributed by atoms with Crippen LogP contribution in [0.2, 0.25) is 0 Å². The van der Waals surface area contributed by atoms with Gasteiger partial charge in [0.2, 0.25) is 15.9 Å². The van der Waals surface area contributed by atoms with E-state index in [0.29, 0.717) is 10.0 Å². The van der Waals surface area contributed by atoms with Crippen molar-refractivity contribution < 1.29 is 23.1 Å². The van der Waals surface area contributed by atoms with Gasteiger partial charge in [0.1, 0.15) is 5.54 Å². The zero-order chi connectivity index (χ0) is 16.6. The van der Waals surface area contributed by atoms with Gasteiger partial charge in [-0.2, -0.15) is 4.72 Å². The minimum Gasteiger partial charge on any atom is -0.478 e. The van der Waals surface area contributed by atoms with Crippen LogP contribution in [-0.4, -0.2) is 30.9 Å². The van der Waals surface area contributed by atoms with Crippen molar-refractivity contribution in [1.82, 2.24) is 4.72 Å². The van der Waals surface area contributed by atoms with Crippen LogP contribution >= 0.6 is 15.9 Å². The number of hydrogen-bond donors (Lipinski definition) is 3. The van der Waals surface area contributed by atoms with Crippen molar-refractivity contribution in [3.05, 3.63) is 27.7 Å². The van der Waals surface area contributed by atoms with E-state index in [1.165, 1.54) is 19.9 Å². The summed E-state index contributed by atoms with van der Waals surface area (Å²) in [5.41, 5.74) is 3.87. The first-order valence-corrected chi connectivity index (χ1v) is 8.03. The lowest BCUT2D eigenvalue weighted by Crippen LogP contribution is -2.52. The Balaban J connectivity index is 3.40. The van der Waals surface area contributed by atoms with Gasteiger partial charge in [0.25, 0.3) is 0 Å². The van der Waals surface area contributed by atoms with E-state index in [1.807, 2.05) is 0 Å². The molecule has 4 N–H and O–H groups in total. The van der Waals surface area contributed by atoms with Crippen LogP contribution in [0.25, 0.3) is 0 Å². The van der Waals surface area contributed by atoms with Gasteiger partial charge in [0, 0.05) is 4.47 Å². The Morgan fingerprint density at radius 2 is 1.86 bits per heavy atom. The molecule has 0 aromatic heterocycles. The molecule has 1 aromatic carbocycles. The van der Waals surface area contributed by atoms with E-state index in [-0.39, 0.29) is 10.5 Å². The largest absolute Gasteiger partial charge is 0.478 e. The fourth-order valence-corrected chi connectivity index (χ4v) is 3.52. The average Bonchev–Trinajstić information content (AvgIpc) is 2.30. The van der Waals surface area contributed by atoms with E-state index in [2.05, 4.69) is 20.7 Å². The number of rotatable bonds is 5. The van der Waals surface area contributed by atoms with Crippen LogP contribution in [0.5, 0.6) is 0 Å². The standard InChI is InChI=1S/C12H15BrN2O5S/c1-6-8(10(16)17)4-7(5-9(6)13)21(19,20)15-12(2,3)11(14)18/h4-5,15H,1-3H3,(H2,14,18)(H,16,17). The number of halogens is 1. The summed E-state index contributed by atoms with van der Waals surface area (Å²) < 4.78 is 27.0. The normalized spacial score (nSPS) is 12.2. The first-order chi connectivity index (χ1) is 9.38. The van der Waals surface area contributed by atoms with Crippen molar-refractivity contribution in [1.29, 1.82) is 0 Å². The molecule has 0 bridgehead atoms. The number of amides is 1. The predicted octanol–water partition coefficient (Wildman–Crippen LogP) is 0.998. The van der Waals surface area contributed by atoms with E-state index in [1.54, 1.807) is 6.92 Å². The topological polar surface area (TPSA) is 127 Å². The lowest BCUT2D eigenvalue weighted by Gasteiger charge is -2.22. The SMILES string of the molecule is Cc1c(Br)cc(S(=O)(=O)NC(C)(C)C(N)=O)cc1C(=O)O. The van der Waals surface area contributed by atoms with Crippen LogP contribution in [0.1, 0.15) is 29.8 Å². The Labute approximate surface area is 130 Å². The Morgan fingerprint density at radius 3 is 2.29 bits per heavy atom. The van der Waals surface area contributed by atoms with Crippen LogP contribution in [0.3, 0.4) is 0 Å². The van der Waals surface area contributed by atoms with Gasteiger partial charge in [0.15, 0.2) is 0 Å². The number of nitrogens with one attached hydrogen (secondary N) is 1. The highest BCUT2D eigenvalue weighted by molar-refractivity contribution is 9.10. The zero-order valence-corrected chi connectivity index (χ0v) is 14.0. The van der Waals surface area contributed by atoms with Crippen molar-refractivity contribution in [2.45, 2.75) is 31.2 Å². The number of carbonyl (C=O) groups is 2. The molecule has 9 heteroatoms. The van der Waals surface area contributed by atoms with E-state index in [0.717, 1.165) is 6.07 Å². The fourth-order valence-electron chi connectivity index (χ4n) is 1.48. The van der Waals surface area contributed by atoms with Crippen LogP contribution in [0.15, 0.2) is 21.5 Å². The quantitative estimate of drug-likeness (QED) is 0.704. The van der Waals surface area contributed by atoms with Gasteiger partial charge in [0.05, 0.1) is 10.5 Å². The zero-order valence-electron chi connectivity index (χ0n) is 11.6. The molecule has 7 nitrogen and oxygen atoms in total. The highest BCUT2D eigenvalue weighted by atomic mass is 79.9. The van der Waals surface area contributed by atoms with Crippen molar-refractivity contribution >= 4 is 37.8 Å². The summed E-state index contributed by atoms with van der Waals surface area (Å²) in [6.07, 6.45) is 0. The molecule has 0 aliphatic heterocycles. The molecule has 21 heavy (non-hydrogen) atoms. The molecule has 0 atom stereocenters. The Hall–Kier alpha value is -1.45. The minimum atomic E-state index is -4.10. The van der Waals surface area contributed by atoms with E-state index < -0.39 is 27.4 Å². The third-order valence-electron chi connectivity index (χ3n) is 2.86. The third-order valence-corrected chi connectivity index (χ3v) is 5.32. The molecule has 1 amide bonds. The molecule has 0 aliphatic carbocycles. The molecule has 0 heterocycles. The third kappa shape index (κ3) is 3.80. The maximum absolute atomic E-state index is 12.3. The van der Waals surface area contributed by atoms with Gasteiger partial charge in [-0.15, -0.1) is 0 Å². The number of carbonyl (C=O) groups excluding carboxylic acids is 1. The molecule has 0 radical (unpaired) electrons. The Morgan fingerprint density at radius 1 is 1.33 bits per heavy atom.